The van der Waals surface area contributed by atoms with E-state index in [0.29, 0.717) is 5.56 Å². The van der Waals surface area contributed by atoms with E-state index >= 15 is 0 Å². The zero-order valence-electron chi connectivity index (χ0n) is 13.3. The van der Waals surface area contributed by atoms with E-state index in [1.807, 2.05) is 0 Å². The van der Waals surface area contributed by atoms with Crippen LogP contribution in [0.15, 0.2) is 23.8 Å². The van der Waals surface area contributed by atoms with Gasteiger partial charge in [0.2, 0.25) is 6.29 Å². The van der Waals surface area contributed by atoms with Gasteiger partial charge in [-0.2, -0.15) is 0 Å². The molecule has 0 aliphatic carbocycles. The molecule has 0 radical (unpaired) electrons. The normalized spacial score (nSPS) is 30.1. The summed E-state index contributed by atoms with van der Waals surface area (Å²) in [7, 11) is 0. The number of ether oxygens (including phenoxy) is 2. The fourth-order valence-corrected chi connectivity index (χ4v) is 2.30. The van der Waals surface area contributed by atoms with Gasteiger partial charge in [0.1, 0.15) is 24.4 Å². The van der Waals surface area contributed by atoms with Gasteiger partial charge in [-0.25, -0.2) is 4.79 Å². The Kier molecular flexibility index (Phi) is 5.98. The minimum absolute atomic E-state index is 0.0852. The Hall–Kier alpha value is -2.17. The number of hydrogen-bond donors (Lipinski definition) is 6. The molecule has 0 saturated carbocycles. The molecular formula is C16H20O9. The van der Waals surface area contributed by atoms with Gasteiger partial charge >= 0.3 is 5.97 Å². The molecule has 138 valence electrons. The molecule has 1 fully saturated rings. The van der Waals surface area contributed by atoms with Crippen LogP contribution in [0.2, 0.25) is 0 Å². The van der Waals surface area contributed by atoms with Gasteiger partial charge in [0.05, 0.1) is 6.61 Å². The number of aromatic hydroxyl groups is 2. The number of phenolic OH excluding ortho intramolecular Hbond substituents is 2. The van der Waals surface area contributed by atoms with Crippen LogP contribution in [0.25, 0.3) is 6.08 Å². The van der Waals surface area contributed by atoms with Crippen LogP contribution >= 0.6 is 0 Å². The monoisotopic (exact) mass is 356 g/mol. The minimum Gasteiger partial charge on any atom is -0.504 e. The van der Waals surface area contributed by atoms with Crippen LogP contribution in [0.4, 0.5) is 0 Å². The van der Waals surface area contributed by atoms with Gasteiger partial charge in [0, 0.05) is 5.57 Å². The Bertz CT molecular complexity index is 655. The summed E-state index contributed by atoms with van der Waals surface area (Å²) in [5.74, 6) is -1.54. The number of rotatable bonds is 4. The summed E-state index contributed by atoms with van der Waals surface area (Å²) in [5, 5.41) is 57.0. The fourth-order valence-electron chi connectivity index (χ4n) is 2.30. The van der Waals surface area contributed by atoms with E-state index in [1.165, 1.54) is 31.2 Å². The van der Waals surface area contributed by atoms with Crippen molar-refractivity contribution in [1.82, 2.24) is 0 Å². The molecule has 0 aromatic heterocycles. The highest BCUT2D eigenvalue weighted by Crippen LogP contribution is 2.26. The van der Waals surface area contributed by atoms with Crippen LogP contribution in [-0.4, -0.2) is 73.9 Å². The third kappa shape index (κ3) is 4.27. The summed E-state index contributed by atoms with van der Waals surface area (Å²) in [6, 6.07) is 3.94. The number of carbonyl (C=O) groups excluding carboxylic acids is 1. The first-order valence-electron chi connectivity index (χ1n) is 7.46. The number of aliphatic hydroxyl groups is 4. The van der Waals surface area contributed by atoms with Crippen molar-refractivity contribution in [2.45, 2.75) is 37.6 Å². The number of carbonyl (C=O) groups is 1. The lowest BCUT2D eigenvalue weighted by molar-refractivity contribution is -0.291. The Morgan fingerprint density at radius 3 is 2.44 bits per heavy atom. The summed E-state index contributed by atoms with van der Waals surface area (Å²) in [5.41, 5.74) is 0.501. The maximum Gasteiger partial charge on any atom is 0.336 e. The average molecular weight is 356 g/mol. The molecule has 6 N–H and O–H groups in total. The van der Waals surface area contributed by atoms with Gasteiger partial charge in [-0.15, -0.1) is 0 Å². The number of phenols is 2. The molecule has 2 rings (SSSR count). The van der Waals surface area contributed by atoms with Crippen molar-refractivity contribution in [1.29, 1.82) is 0 Å². The quantitative estimate of drug-likeness (QED) is 0.222. The third-order valence-corrected chi connectivity index (χ3v) is 3.78. The second-order valence-corrected chi connectivity index (χ2v) is 5.68. The summed E-state index contributed by atoms with van der Waals surface area (Å²) in [6.45, 7) is 0.775. The molecule has 25 heavy (non-hydrogen) atoms. The first kappa shape index (κ1) is 19.2. The topological polar surface area (TPSA) is 157 Å². The molecule has 1 saturated heterocycles. The van der Waals surface area contributed by atoms with Gasteiger partial charge in [0.25, 0.3) is 0 Å². The van der Waals surface area contributed by atoms with Crippen LogP contribution in [0.3, 0.4) is 0 Å². The molecule has 1 heterocycles. The standard InChI is InChI=1S/C16H20O9/c1-7(4-8-2-3-9(18)10(19)5-8)15(23)25-16-14(22)13(21)12(20)11(6-17)24-16/h2-5,11-14,16-22H,6H2,1H3. The Balaban J connectivity index is 2.09. The van der Waals surface area contributed by atoms with Crippen LogP contribution in [-0.2, 0) is 14.3 Å². The molecule has 1 aliphatic rings. The molecular weight excluding hydrogens is 336 g/mol. The largest absolute Gasteiger partial charge is 0.504 e. The summed E-state index contributed by atoms with van der Waals surface area (Å²) < 4.78 is 10.1. The van der Waals surface area contributed by atoms with Gasteiger partial charge in [-0.1, -0.05) is 6.07 Å². The lowest BCUT2D eigenvalue weighted by Gasteiger charge is -2.39. The predicted molar refractivity (Wildman–Crippen MR) is 83.3 cm³/mol. The van der Waals surface area contributed by atoms with E-state index < -0.39 is 43.3 Å². The van der Waals surface area contributed by atoms with E-state index in [1.54, 1.807) is 0 Å². The third-order valence-electron chi connectivity index (χ3n) is 3.78. The second kappa shape index (κ2) is 7.81. The van der Waals surface area contributed by atoms with Crippen molar-refractivity contribution < 1.29 is 44.9 Å². The highest BCUT2D eigenvalue weighted by Gasteiger charge is 2.45. The Morgan fingerprint density at radius 1 is 1.16 bits per heavy atom. The number of aliphatic hydroxyl groups excluding tert-OH is 4. The molecule has 5 atom stereocenters. The van der Waals surface area contributed by atoms with Crippen LogP contribution in [0, 0.1) is 0 Å². The molecule has 5 unspecified atom stereocenters. The average Bonchev–Trinajstić information content (AvgIpc) is 2.58. The molecule has 0 amide bonds. The maximum atomic E-state index is 12.1. The summed E-state index contributed by atoms with van der Waals surface area (Å²) in [6.07, 6.45) is -6.28. The highest BCUT2D eigenvalue weighted by molar-refractivity contribution is 5.93. The van der Waals surface area contributed by atoms with Gasteiger partial charge in [-0.05, 0) is 30.7 Å². The van der Waals surface area contributed by atoms with E-state index in [9.17, 15) is 30.3 Å². The van der Waals surface area contributed by atoms with Crippen LogP contribution < -0.4 is 0 Å². The van der Waals surface area contributed by atoms with Crippen molar-refractivity contribution in [2.24, 2.45) is 0 Å². The van der Waals surface area contributed by atoms with Gasteiger partial charge in [0.15, 0.2) is 11.5 Å². The lowest BCUT2D eigenvalue weighted by Crippen LogP contribution is -2.59. The fraction of sp³-hybridized carbons (Fsp3) is 0.438. The van der Waals surface area contributed by atoms with E-state index in [-0.39, 0.29) is 17.1 Å². The first-order valence-corrected chi connectivity index (χ1v) is 7.46. The zero-order chi connectivity index (χ0) is 18.7. The molecule has 1 aromatic rings. The van der Waals surface area contributed by atoms with Crippen molar-refractivity contribution in [3.8, 4) is 11.5 Å². The molecule has 1 aromatic carbocycles. The second-order valence-electron chi connectivity index (χ2n) is 5.68. The SMILES string of the molecule is CC(=Cc1ccc(O)c(O)c1)C(=O)OC1OC(CO)C(O)C(O)C1O. The Morgan fingerprint density at radius 2 is 1.84 bits per heavy atom. The molecule has 1 aliphatic heterocycles. The molecule has 0 spiro atoms. The van der Waals surface area contributed by atoms with Crippen molar-refractivity contribution in [3.05, 3.63) is 29.3 Å². The Labute approximate surface area is 143 Å². The van der Waals surface area contributed by atoms with Gasteiger partial charge in [-0.3, -0.25) is 0 Å². The summed E-state index contributed by atoms with van der Waals surface area (Å²) in [4.78, 5) is 12.1. The van der Waals surface area contributed by atoms with E-state index in [0.717, 1.165) is 0 Å². The van der Waals surface area contributed by atoms with Gasteiger partial charge < -0.3 is 40.1 Å². The van der Waals surface area contributed by atoms with Crippen molar-refractivity contribution >= 4 is 12.0 Å². The number of esters is 1. The minimum atomic E-state index is -1.69. The highest BCUT2D eigenvalue weighted by atomic mass is 16.7. The van der Waals surface area contributed by atoms with E-state index in [4.69, 9.17) is 14.6 Å². The predicted octanol–water partition coefficient (Wildman–Crippen LogP) is -1.16. The maximum absolute atomic E-state index is 12.1. The molecule has 9 nitrogen and oxygen atoms in total. The van der Waals surface area contributed by atoms with Crippen LogP contribution in [0.1, 0.15) is 12.5 Å². The summed E-state index contributed by atoms with van der Waals surface area (Å²) >= 11 is 0. The zero-order valence-corrected chi connectivity index (χ0v) is 13.3. The van der Waals surface area contributed by atoms with Crippen LogP contribution in [0.5, 0.6) is 11.5 Å². The number of hydrogen-bond acceptors (Lipinski definition) is 9. The smallest absolute Gasteiger partial charge is 0.336 e. The van der Waals surface area contributed by atoms with E-state index in [2.05, 4.69) is 0 Å². The van der Waals surface area contributed by atoms with Crippen molar-refractivity contribution in [2.75, 3.05) is 6.61 Å². The van der Waals surface area contributed by atoms with Crippen molar-refractivity contribution in [3.63, 3.8) is 0 Å². The molecule has 0 bridgehead atoms. The first-order chi connectivity index (χ1) is 11.7. The lowest BCUT2D eigenvalue weighted by atomic mass is 9.99. The molecule has 9 heteroatoms. The number of benzene rings is 1.